The largest absolute Gasteiger partial charge is 0.488 e. The van der Waals surface area contributed by atoms with Gasteiger partial charge in [-0.2, -0.15) is 0 Å². The van der Waals surface area contributed by atoms with Crippen LogP contribution < -0.4 is 4.74 Å². The first-order valence-corrected chi connectivity index (χ1v) is 7.82. The molecule has 0 aliphatic heterocycles. The number of halogens is 1. The van der Waals surface area contributed by atoms with Gasteiger partial charge in [0, 0.05) is 16.3 Å². The molecule has 0 bridgehead atoms. The van der Waals surface area contributed by atoms with Crippen molar-refractivity contribution < 1.29 is 14.3 Å². The maximum Gasteiger partial charge on any atom is 0.350 e. The van der Waals surface area contributed by atoms with E-state index in [0.717, 1.165) is 10.1 Å². The number of fused-ring (bicyclic) bond motifs is 1. The van der Waals surface area contributed by atoms with E-state index in [1.54, 1.807) is 24.5 Å². The zero-order valence-electron chi connectivity index (χ0n) is 11.5. The van der Waals surface area contributed by atoms with Gasteiger partial charge in [0.2, 0.25) is 0 Å². The van der Waals surface area contributed by atoms with Crippen LogP contribution in [0, 0.1) is 0 Å². The molecule has 4 nitrogen and oxygen atoms in total. The summed E-state index contributed by atoms with van der Waals surface area (Å²) in [6.07, 6.45) is 3.26. The highest BCUT2D eigenvalue weighted by molar-refractivity contribution is 7.21. The third-order valence-corrected chi connectivity index (χ3v) is 4.60. The Morgan fingerprint density at radius 3 is 2.82 bits per heavy atom. The highest BCUT2D eigenvalue weighted by atomic mass is 35.5. The number of benzene rings is 1. The molecule has 1 aromatic carbocycles. The van der Waals surface area contributed by atoms with Gasteiger partial charge in [0.15, 0.2) is 0 Å². The molecule has 2 heterocycles. The van der Waals surface area contributed by atoms with Crippen LogP contribution >= 0.6 is 22.9 Å². The Morgan fingerprint density at radius 1 is 1.18 bits per heavy atom. The number of pyridine rings is 1. The summed E-state index contributed by atoms with van der Waals surface area (Å²) < 4.78 is 11.6. The minimum Gasteiger partial charge on any atom is -0.488 e. The van der Waals surface area contributed by atoms with Crippen LogP contribution in [0.15, 0.2) is 48.8 Å². The number of rotatable bonds is 5. The first-order valence-electron chi connectivity index (χ1n) is 6.62. The van der Waals surface area contributed by atoms with Crippen LogP contribution in [-0.2, 0) is 4.74 Å². The Morgan fingerprint density at radius 2 is 2.05 bits per heavy atom. The normalized spacial score (nSPS) is 10.6. The van der Waals surface area contributed by atoms with Crippen LogP contribution in [0.4, 0.5) is 0 Å². The van der Waals surface area contributed by atoms with Crippen molar-refractivity contribution >= 4 is 39.0 Å². The predicted octanol–water partition coefficient (Wildman–Crippen LogP) is 4.19. The molecule has 0 radical (unpaired) electrons. The first kappa shape index (κ1) is 14.8. The second kappa shape index (κ2) is 6.77. The van der Waals surface area contributed by atoms with Gasteiger partial charge in [0.05, 0.1) is 11.2 Å². The van der Waals surface area contributed by atoms with Crippen molar-refractivity contribution in [1.29, 1.82) is 0 Å². The lowest BCUT2D eigenvalue weighted by Gasteiger charge is -2.06. The average Bonchev–Trinajstić information content (AvgIpc) is 2.90. The van der Waals surface area contributed by atoms with Crippen LogP contribution in [0.1, 0.15) is 9.67 Å². The number of esters is 1. The molecule has 0 aliphatic carbocycles. The van der Waals surface area contributed by atoms with E-state index in [0.29, 0.717) is 15.6 Å². The minimum absolute atomic E-state index is 0.151. The van der Waals surface area contributed by atoms with Crippen LogP contribution in [-0.4, -0.2) is 24.2 Å². The maximum atomic E-state index is 12.1. The first-order chi connectivity index (χ1) is 10.8. The van der Waals surface area contributed by atoms with Crippen molar-refractivity contribution in [2.24, 2.45) is 0 Å². The molecule has 0 saturated carbocycles. The van der Waals surface area contributed by atoms with E-state index in [-0.39, 0.29) is 13.2 Å². The predicted molar refractivity (Wildman–Crippen MR) is 86.8 cm³/mol. The Hall–Kier alpha value is -2.11. The molecular formula is C16H12ClNO3S. The smallest absolute Gasteiger partial charge is 0.350 e. The molecule has 2 aromatic heterocycles. The lowest BCUT2D eigenvalue weighted by molar-refractivity contribution is 0.0456. The molecule has 22 heavy (non-hydrogen) atoms. The van der Waals surface area contributed by atoms with E-state index in [1.807, 2.05) is 24.3 Å². The van der Waals surface area contributed by atoms with Crippen molar-refractivity contribution in [1.82, 2.24) is 4.98 Å². The second-order valence-corrected chi connectivity index (χ2v) is 5.84. The third kappa shape index (κ3) is 3.21. The molecule has 6 heteroatoms. The summed E-state index contributed by atoms with van der Waals surface area (Å²) in [5.41, 5.74) is 0. The number of carbonyl (C=O) groups excluding carboxylic acids is 1. The number of nitrogens with zero attached hydrogens (tertiary/aromatic N) is 1. The fourth-order valence-electron chi connectivity index (χ4n) is 1.94. The van der Waals surface area contributed by atoms with E-state index in [9.17, 15) is 4.79 Å². The van der Waals surface area contributed by atoms with E-state index < -0.39 is 5.97 Å². The molecular weight excluding hydrogens is 322 g/mol. The van der Waals surface area contributed by atoms with Gasteiger partial charge < -0.3 is 9.47 Å². The number of hydrogen-bond donors (Lipinski definition) is 0. The zero-order chi connectivity index (χ0) is 15.4. The van der Waals surface area contributed by atoms with Crippen LogP contribution in [0.25, 0.3) is 10.1 Å². The molecule has 3 rings (SSSR count). The summed E-state index contributed by atoms with van der Waals surface area (Å²) in [4.78, 5) is 16.4. The van der Waals surface area contributed by atoms with Crippen molar-refractivity contribution in [3.8, 4) is 5.75 Å². The van der Waals surface area contributed by atoms with Gasteiger partial charge in [0.1, 0.15) is 23.8 Å². The van der Waals surface area contributed by atoms with Crippen molar-refractivity contribution in [2.75, 3.05) is 13.2 Å². The van der Waals surface area contributed by atoms with Gasteiger partial charge >= 0.3 is 5.97 Å². The Kier molecular flexibility index (Phi) is 4.56. The topological polar surface area (TPSA) is 48.4 Å². The molecule has 0 spiro atoms. The van der Waals surface area contributed by atoms with E-state index in [4.69, 9.17) is 21.1 Å². The summed E-state index contributed by atoms with van der Waals surface area (Å²) in [7, 11) is 0. The van der Waals surface area contributed by atoms with Gasteiger partial charge in [-0.3, -0.25) is 4.98 Å². The molecule has 0 amide bonds. The second-order valence-electron chi connectivity index (χ2n) is 4.41. The summed E-state index contributed by atoms with van der Waals surface area (Å²) in [5.74, 6) is 0.208. The molecule has 0 fully saturated rings. The Bertz CT molecular complexity index is 788. The number of aromatic nitrogens is 1. The van der Waals surface area contributed by atoms with Gasteiger partial charge in [-0.25, -0.2) is 4.79 Å². The highest BCUT2D eigenvalue weighted by Gasteiger charge is 2.18. The lowest BCUT2D eigenvalue weighted by atomic mass is 10.2. The summed E-state index contributed by atoms with van der Waals surface area (Å²) >= 11 is 7.56. The van der Waals surface area contributed by atoms with Crippen molar-refractivity contribution in [3.05, 3.63) is 58.7 Å². The molecule has 0 atom stereocenters. The van der Waals surface area contributed by atoms with Crippen LogP contribution in [0.5, 0.6) is 5.75 Å². The molecule has 112 valence electrons. The summed E-state index contributed by atoms with van der Waals surface area (Å²) in [6.45, 7) is 0.415. The summed E-state index contributed by atoms with van der Waals surface area (Å²) in [5, 5.41) is 1.31. The quantitative estimate of drug-likeness (QED) is 0.519. The SMILES string of the molecule is O=C(OCCOc1cccnc1)c1sc2ccccc2c1Cl. The van der Waals surface area contributed by atoms with Gasteiger partial charge in [0.25, 0.3) is 0 Å². The number of carbonyl (C=O) groups is 1. The Labute approximate surface area is 136 Å². The molecule has 0 saturated heterocycles. The maximum absolute atomic E-state index is 12.1. The van der Waals surface area contributed by atoms with E-state index in [2.05, 4.69) is 4.98 Å². The van der Waals surface area contributed by atoms with Crippen molar-refractivity contribution in [2.45, 2.75) is 0 Å². The third-order valence-electron chi connectivity index (χ3n) is 2.94. The number of ether oxygens (including phenoxy) is 2. The Balaban J connectivity index is 1.58. The number of hydrogen-bond acceptors (Lipinski definition) is 5. The fourth-order valence-corrected chi connectivity index (χ4v) is 3.34. The lowest BCUT2D eigenvalue weighted by Crippen LogP contribution is -2.11. The van der Waals surface area contributed by atoms with Crippen molar-refractivity contribution in [3.63, 3.8) is 0 Å². The van der Waals surface area contributed by atoms with E-state index >= 15 is 0 Å². The zero-order valence-corrected chi connectivity index (χ0v) is 13.1. The minimum atomic E-state index is -0.430. The standard InChI is InChI=1S/C16H12ClNO3S/c17-14-12-5-1-2-6-13(12)22-15(14)16(19)21-9-8-20-11-4-3-7-18-10-11/h1-7,10H,8-9H2. The molecule has 0 aliphatic rings. The number of thiophene rings is 1. The monoisotopic (exact) mass is 333 g/mol. The van der Waals surface area contributed by atoms with E-state index in [1.165, 1.54) is 11.3 Å². The van der Waals surface area contributed by atoms with Crippen LogP contribution in [0.3, 0.4) is 0 Å². The highest BCUT2D eigenvalue weighted by Crippen LogP contribution is 2.35. The van der Waals surface area contributed by atoms with Gasteiger partial charge in [-0.15, -0.1) is 11.3 Å². The fraction of sp³-hybridized carbons (Fsp3) is 0.125. The van der Waals surface area contributed by atoms with Gasteiger partial charge in [-0.05, 0) is 18.2 Å². The average molecular weight is 334 g/mol. The van der Waals surface area contributed by atoms with Gasteiger partial charge in [-0.1, -0.05) is 29.8 Å². The molecule has 3 aromatic rings. The molecule has 0 N–H and O–H groups in total. The van der Waals surface area contributed by atoms with Crippen LogP contribution in [0.2, 0.25) is 5.02 Å². The summed E-state index contributed by atoms with van der Waals surface area (Å²) in [6, 6.07) is 11.2. The molecule has 0 unspecified atom stereocenters.